The SMILES string of the molecule is CC(=O)C[C@@H](C)C1=CC[C@@]2(C)[C@@H]3CC[C@H]4C(C)(C)[C@H](O)CC[C@]4(C)C3=CC[C@@]12C. The molecule has 4 aliphatic carbocycles. The summed E-state index contributed by atoms with van der Waals surface area (Å²) in [5, 5.41) is 10.7. The number of fused-ring (bicyclic) bond motifs is 5. The van der Waals surface area contributed by atoms with Crippen molar-refractivity contribution in [3.63, 3.8) is 0 Å². The first-order valence-corrected chi connectivity index (χ1v) is 12.0. The number of ketones is 1. The number of carbonyl (C=O) groups excluding carboxylic acids is 1. The summed E-state index contributed by atoms with van der Waals surface area (Å²) in [4.78, 5) is 11.8. The Morgan fingerprint density at radius 1 is 1.10 bits per heavy atom. The third-order valence-electron chi connectivity index (χ3n) is 10.5. The minimum absolute atomic E-state index is 0.00441. The second-order valence-corrected chi connectivity index (χ2v) is 12.3. The van der Waals surface area contributed by atoms with Gasteiger partial charge in [0.05, 0.1) is 6.10 Å². The number of carbonyl (C=O) groups is 1. The van der Waals surface area contributed by atoms with Gasteiger partial charge in [-0.1, -0.05) is 64.8 Å². The third kappa shape index (κ3) is 2.73. The molecule has 2 fully saturated rings. The predicted molar refractivity (Wildman–Crippen MR) is 119 cm³/mol. The van der Waals surface area contributed by atoms with Crippen molar-refractivity contribution in [2.45, 2.75) is 99.5 Å². The minimum Gasteiger partial charge on any atom is -0.393 e. The number of Topliss-reactive ketones (excluding diaryl/α,β-unsaturated/α-hetero) is 1. The number of aliphatic hydroxyl groups excluding tert-OH is 1. The van der Waals surface area contributed by atoms with Crippen molar-refractivity contribution < 1.29 is 9.90 Å². The van der Waals surface area contributed by atoms with E-state index in [4.69, 9.17) is 0 Å². The van der Waals surface area contributed by atoms with Crippen LogP contribution in [0.25, 0.3) is 0 Å². The fraction of sp³-hybridized carbons (Fsp3) is 0.815. The van der Waals surface area contributed by atoms with Crippen LogP contribution in [0.3, 0.4) is 0 Å². The lowest BCUT2D eigenvalue weighted by Crippen LogP contribution is -2.57. The molecule has 2 heteroatoms. The molecule has 4 aliphatic rings. The van der Waals surface area contributed by atoms with Crippen molar-refractivity contribution in [2.24, 2.45) is 39.4 Å². The maximum Gasteiger partial charge on any atom is 0.130 e. The first-order chi connectivity index (χ1) is 13.4. The molecule has 0 heterocycles. The summed E-state index contributed by atoms with van der Waals surface area (Å²) in [6.45, 7) is 16.1. The summed E-state index contributed by atoms with van der Waals surface area (Å²) >= 11 is 0. The molecule has 0 saturated heterocycles. The molecular weight excluding hydrogens is 356 g/mol. The van der Waals surface area contributed by atoms with Crippen LogP contribution in [0.5, 0.6) is 0 Å². The zero-order valence-corrected chi connectivity index (χ0v) is 19.8. The van der Waals surface area contributed by atoms with Gasteiger partial charge in [0, 0.05) is 6.42 Å². The van der Waals surface area contributed by atoms with Gasteiger partial charge in [-0.15, -0.1) is 0 Å². The van der Waals surface area contributed by atoms with Crippen LogP contribution in [-0.2, 0) is 4.79 Å². The van der Waals surface area contributed by atoms with Crippen LogP contribution < -0.4 is 0 Å². The monoisotopic (exact) mass is 398 g/mol. The first-order valence-electron chi connectivity index (χ1n) is 12.0. The summed E-state index contributed by atoms with van der Waals surface area (Å²) in [6, 6.07) is 0. The molecule has 0 aromatic carbocycles. The molecule has 0 spiro atoms. The second-order valence-electron chi connectivity index (χ2n) is 12.3. The molecule has 7 atom stereocenters. The van der Waals surface area contributed by atoms with Gasteiger partial charge in [-0.25, -0.2) is 0 Å². The summed E-state index contributed by atoms with van der Waals surface area (Å²) in [5.41, 5.74) is 3.90. The number of hydrogen-bond acceptors (Lipinski definition) is 2. The highest BCUT2D eigenvalue weighted by Crippen LogP contribution is 2.71. The smallest absolute Gasteiger partial charge is 0.130 e. The first kappa shape index (κ1) is 21.3. The maximum absolute atomic E-state index is 11.8. The average molecular weight is 399 g/mol. The van der Waals surface area contributed by atoms with Crippen LogP contribution in [-0.4, -0.2) is 17.0 Å². The normalized spacial score (nSPS) is 46.7. The van der Waals surface area contributed by atoms with Gasteiger partial charge in [0.15, 0.2) is 0 Å². The van der Waals surface area contributed by atoms with E-state index in [1.807, 2.05) is 0 Å². The Kier molecular flexibility index (Phi) is 4.82. The van der Waals surface area contributed by atoms with Crippen LogP contribution >= 0.6 is 0 Å². The highest BCUT2D eigenvalue weighted by Gasteiger charge is 2.63. The van der Waals surface area contributed by atoms with E-state index < -0.39 is 0 Å². The van der Waals surface area contributed by atoms with E-state index in [0.717, 1.165) is 25.7 Å². The van der Waals surface area contributed by atoms with Crippen LogP contribution in [0.4, 0.5) is 0 Å². The summed E-state index contributed by atoms with van der Waals surface area (Å²) < 4.78 is 0. The average Bonchev–Trinajstić information content (AvgIpc) is 2.90. The number of aliphatic hydroxyl groups is 1. The lowest BCUT2D eigenvalue weighted by Gasteiger charge is -2.64. The van der Waals surface area contributed by atoms with Crippen molar-refractivity contribution >= 4 is 5.78 Å². The molecular formula is C27H42O2. The molecule has 0 aliphatic heterocycles. The largest absolute Gasteiger partial charge is 0.393 e. The van der Waals surface area contributed by atoms with Crippen molar-refractivity contribution in [2.75, 3.05) is 0 Å². The predicted octanol–water partition coefficient (Wildman–Crippen LogP) is 6.49. The van der Waals surface area contributed by atoms with E-state index >= 15 is 0 Å². The van der Waals surface area contributed by atoms with Crippen molar-refractivity contribution in [1.82, 2.24) is 0 Å². The van der Waals surface area contributed by atoms with Crippen LogP contribution in [0.2, 0.25) is 0 Å². The van der Waals surface area contributed by atoms with Gasteiger partial charge < -0.3 is 9.90 Å². The summed E-state index contributed by atoms with van der Waals surface area (Å²) in [5.74, 6) is 1.86. The highest BCUT2D eigenvalue weighted by atomic mass is 16.3. The fourth-order valence-corrected chi connectivity index (χ4v) is 8.58. The summed E-state index contributed by atoms with van der Waals surface area (Å²) in [6.07, 6.45) is 12.4. The Balaban J connectivity index is 1.71. The molecule has 1 N–H and O–H groups in total. The molecule has 0 aromatic heterocycles. The molecule has 2 saturated carbocycles. The Hall–Kier alpha value is -0.890. The van der Waals surface area contributed by atoms with E-state index in [1.54, 1.807) is 12.5 Å². The van der Waals surface area contributed by atoms with Gasteiger partial charge in [0.1, 0.15) is 5.78 Å². The minimum atomic E-state index is -0.172. The lowest BCUT2D eigenvalue weighted by atomic mass is 9.41. The molecule has 0 aromatic rings. The van der Waals surface area contributed by atoms with E-state index in [1.165, 1.54) is 18.4 Å². The molecule has 0 amide bonds. The lowest BCUT2D eigenvalue weighted by molar-refractivity contribution is -0.118. The van der Waals surface area contributed by atoms with Crippen LogP contribution in [0.15, 0.2) is 23.3 Å². The highest BCUT2D eigenvalue weighted by molar-refractivity contribution is 5.76. The summed E-state index contributed by atoms with van der Waals surface area (Å²) in [7, 11) is 0. The molecule has 0 bridgehead atoms. The van der Waals surface area contributed by atoms with E-state index in [2.05, 4.69) is 53.7 Å². The van der Waals surface area contributed by atoms with Crippen molar-refractivity contribution in [3.05, 3.63) is 23.3 Å². The van der Waals surface area contributed by atoms with Gasteiger partial charge in [-0.2, -0.15) is 0 Å². The Morgan fingerprint density at radius 3 is 2.45 bits per heavy atom. The Labute approximate surface area is 178 Å². The Morgan fingerprint density at radius 2 is 1.79 bits per heavy atom. The number of rotatable bonds is 3. The zero-order valence-electron chi connectivity index (χ0n) is 19.8. The second kappa shape index (κ2) is 6.55. The number of hydrogen-bond donors (Lipinski definition) is 1. The molecule has 2 nitrogen and oxygen atoms in total. The molecule has 0 unspecified atom stereocenters. The van der Waals surface area contributed by atoms with E-state index in [-0.39, 0.29) is 27.8 Å². The van der Waals surface area contributed by atoms with Crippen molar-refractivity contribution in [3.8, 4) is 0 Å². The van der Waals surface area contributed by atoms with Crippen molar-refractivity contribution in [1.29, 1.82) is 0 Å². The van der Waals surface area contributed by atoms with Crippen LogP contribution in [0.1, 0.15) is 93.4 Å². The van der Waals surface area contributed by atoms with E-state index in [9.17, 15) is 9.90 Å². The van der Waals surface area contributed by atoms with E-state index in [0.29, 0.717) is 30.0 Å². The maximum atomic E-state index is 11.8. The standard InChI is InChI=1S/C27H42O2/c1-17(16-18(2)28)19-10-14-27(7)21-8-9-22-24(3,4)23(29)12-13-25(22,5)20(21)11-15-26(19,27)6/h10-11,17,21-23,29H,8-9,12-16H2,1-7H3/t17-,21-,22+,23-,25-,26+,27+/m1/s1. The quantitative estimate of drug-likeness (QED) is 0.552. The molecule has 162 valence electrons. The topological polar surface area (TPSA) is 37.3 Å². The van der Waals surface area contributed by atoms with Gasteiger partial charge >= 0.3 is 0 Å². The Bertz CT molecular complexity index is 773. The zero-order chi connectivity index (χ0) is 21.4. The van der Waals surface area contributed by atoms with Gasteiger partial charge in [-0.3, -0.25) is 0 Å². The number of allylic oxidation sites excluding steroid dienone is 4. The molecule has 4 rings (SSSR count). The molecule has 29 heavy (non-hydrogen) atoms. The van der Waals surface area contributed by atoms with Gasteiger partial charge in [0.2, 0.25) is 0 Å². The molecule has 0 radical (unpaired) electrons. The van der Waals surface area contributed by atoms with Crippen LogP contribution in [0, 0.1) is 39.4 Å². The van der Waals surface area contributed by atoms with Gasteiger partial charge in [-0.05, 0) is 84.9 Å². The fourth-order valence-electron chi connectivity index (χ4n) is 8.58. The van der Waals surface area contributed by atoms with Gasteiger partial charge in [0.25, 0.3) is 0 Å². The third-order valence-corrected chi connectivity index (χ3v) is 10.5.